The third kappa shape index (κ3) is 6.42. The molecule has 0 bridgehead atoms. The molecule has 1 N–H and O–H groups in total. The zero-order chi connectivity index (χ0) is 31.9. The number of anilines is 1. The standard InChI is InChI=1S/C17H13BrN2O2.C15H9BrN2.F4N/c1-10(21)22-16-9-20-15-7-6-11(18)8-14(15)12-4-2-3-5-13(12)17(20)19-16;16-10-5-6-14-13(9-10)11-3-1-2-4-12(11)15-17-7-8-18(14)15;1-5(2,3)4/h2-8,16H,9H2,1H3;1-9H;/q;;+1/p+1. The molecular weight excluding hydrogens is 722 g/mol. The van der Waals surface area contributed by atoms with E-state index >= 15 is 0 Å². The highest BCUT2D eigenvalue weighted by atomic mass is 79.9. The summed E-state index contributed by atoms with van der Waals surface area (Å²) in [4.78, 5) is 15.7. The van der Waals surface area contributed by atoms with E-state index in [0.717, 1.165) is 31.3 Å². The number of hydrogen-bond donors (Lipinski definition) is 1. The number of imidazole rings is 1. The predicted octanol–water partition coefficient (Wildman–Crippen LogP) is 9.10. The van der Waals surface area contributed by atoms with Gasteiger partial charge in [0.1, 0.15) is 29.1 Å². The summed E-state index contributed by atoms with van der Waals surface area (Å²) in [5.41, 5.74) is 3.32. The zero-order valence-electron chi connectivity index (χ0n) is 23.4. The van der Waals surface area contributed by atoms with Crippen molar-refractivity contribution >= 4 is 92.6 Å². The zero-order valence-corrected chi connectivity index (χ0v) is 26.6. The molecule has 45 heavy (non-hydrogen) atoms. The summed E-state index contributed by atoms with van der Waals surface area (Å²) in [5, 5.41) is 5.48. The Labute approximate surface area is 269 Å². The van der Waals surface area contributed by atoms with Gasteiger partial charge in [0.2, 0.25) is 0 Å². The Bertz CT molecular complexity index is 2230. The lowest BCUT2D eigenvalue weighted by molar-refractivity contribution is -1.36. The first-order chi connectivity index (χ1) is 21.5. The average molecular weight is 745 g/mol. The molecule has 7 nitrogen and oxygen atoms in total. The maximum atomic E-state index is 11.2. The first kappa shape index (κ1) is 30.7. The van der Waals surface area contributed by atoms with Crippen molar-refractivity contribution in [2.24, 2.45) is 0 Å². The van der Waals surface area contributed by atoms with Gasteiger partial charge in [0, 0.05) is 49.8 Å². The van der Waals surface area contributed by atoms with Crippen molar-refractivity contribution in [2.45, 2.75) is 19.7 Å². The number of carbonyl (C=O) groups excluding carboxylic acids is 1. The lowest BCUT2D eigenvalue weighted by atomic mass is 10.1. The maximum absolute atomic E-state index is 11.2. The molecule has 1 atom stereocenters. The van der Waals surface area contributed by atoms with E-state index in [1.54, 1.807) is 0 Å². The Balaban J connectivity index is 0.000000140. The summed E-state index contributed by atoms with van der Waals surface area (Å²) < 4.78 is 50.3. The number of nitrogens with zero attached hydrogens (tertiary/aromatic N) is 4. The number of quaternary nitrogens is 1. The van der Waals surface area contributed by atoms with E-state index in [1.165, 1.54) is 39.4 Å². The van der Waals surface area contributed by atoms with Gasteiger partial charge in [-0.2, -0.15) is 0 Å². The molecule has 1 aliphatic rings. The molecule has 1 aliphatic heterocycles. The summed E-state index contributed by atoms with van der Waals surface area (Å²) in [7, 11) is 0. The number of aromatic nitrogens is 3. The van der Waals surface area contributed by atoms with Crippen LogP contribution in [0.25, 0.3) is 49.0 Å². The minimum Gasteiger partial charge on any atom is -0.418 e. The fourth-order valence-electron chi connectivity index (χ4n) is 5.67. The summed E-state index contributed by atoms with van der Waals surface area (Å²) in [5.74, 6) is 0.721. The highest BCUT2D eigenvalue weighted by molar-refractivity contribution is 9.10. The predicted molar refractivity (Wildman–Crippen MR) is 171 cm³/mol. The number of halogens is 6. The van der Waals surface area contributed by atoms with Crippen LogP contribution in [0.2, 0.25) is 0 Å². The second kappa shape index (κ2) is 12.2. The second-order valence-electron chi connectivity index (χ2n) is 10.1. The highest BCUT2D eigenvalue weighted by Gasteiger charge is 2.34. The minimum absolute atomic E-state index is 0.276. The number of benzene rings is 4. The van der Waals surface area contributed by atoms with E-state index in [9.17, 15) is 22.7 Å². The summed E-state index contributed by atoms with van der Waals surface area (Å²) >= 11 is 7.10. The number of fused-ring (bicyclic) bond motifs is 12. The van der Waals surface area contributed by atoms with E-state index in [4.69, 9.17) is 4.74 Å². The van der Waals surface area contributed by atoms with Crippen LogP contribution in [0.3, 0.4) is 0 Å². The van der Waals surface area contributed by atoms with E-state index < -0.39 is 5.37 Å². The smallest absolute Gasteiger partial charge is 0.418 e. The molecule has 228 valence electrons. The molecule has 1 unspecified atom stereocenters. The van der Waals surface area contributed by atoms with Crippen molar-refractivity contribution in [1.82, 2.24) is 9.38 Å². The van der Waals surface area contributed by atoms with Crippen molar-refractivity contribution in [1.29, 1.82) is 0 Å². The van der Waals surface area contributed by atoms with Crippen LogP contribution in [-0.2, 0) is 16.1 Å². The fraction of sp³-hybridized carbons (Fsp3) is 0.0938. The van der Waals surface area contributed by atoms with Gasteiger partial charge in [0.25, 0.3) is 12.0 Å². The van der Waals surface area contributed by atoms with Gasteiger partial charge in [-0.3, -0.25) is 9.20 Å². The lowest BCUT2D eigenvalue weighted by Gasteiger charge is -2.08. The Morgan fingerprint density at radius 1 is 0.867 bits per heavy atom. The summed E-state index contributed by atoms with van der Waals surface area (Å²) in [6.07, 6.45) is 3.54. The van der Waals surface area contributed by atoms with Gasteiger partial charge in [-0.25, -0.2) is 14.9 Å². The van der Waals surface area contributed by atoms with Crippen molar-refractivity contribution in [3.63, 3.8) is 0 Å². The van der Waals surface area contributed by atoms with Crippen molar-refractivity contribution in [3.05, 3.63) is 106 Å². The van der Waals surface area contributed by atoms with E-state index in [1.807, 2.05) is 30.6 Å². The summed E-state index contributed by atoms with van der Waals surface area (Å²) in [6.45, 7) is 2.04. The number of hydrogen-bond acceptors (Lipinski definition) is 4. The molecule has 0 saturated heterocycles. The molecule has 7 aromatic rings. The van der Waals surface area contributed by atoms with Crippen molar-refractivity contribution < 1.29 is 37.4 Å². The highest BCUT2D eigenvalue weighted by Crippen LogP contribution is 2.33. The van der Waals surface area contributed by atoms with Crippen molar-refractivity contribution in [2.75, 3.05) is 5.32 Å². The minimum atomic E-state index is -5.00. The Morgan fingerprint density at radius 3 is 2.11 bits per heavy atom. The molecule has 0 radical (unpaired) electrons. The van der Waals surface area contributed by atoms with Crippen LogP contribution in [0, 0.1) is 0 Å². The molecule has 0 amide bonds. The Kier molecular flexibility index (Phi) is 8.33. The first-order valence-corrected chi connectivity index (χ1v) is 15.1. The van der Waals surface area contributed by atoms with Gasteiger partial charge in [-0.15, -0.1) is 0 Å². The molecule has 0 spiro atoms. The third-order valence-electron chi connectivity index (χ3n) is 7.26. The van der Waals surface area contributed by atoms with E-state index in [0.29, 0.717) is 6.54 Å². The molecular formula is C32H23Br2F4N5O2+2. The van der Waals surface area contributed by atoms with Crippen molar-refractivity contribution in [3.8, 4) is 0 Å². The Morgan fingerprint density at radius 2 is 1.44 bits per heavy atom. The van der Waals surface area contributed by atoms with Gasteiger partial charge < -0.3 is 4.74 Å². The van der Waals surface area contributed by atoms with E-state index in [2.05, 4.69) is 118 Å². The fourth-order valence-corrected chi connectivity index (χ4v) is 6.39. The molecule has 0 saturated carbocycles. The molecule has 13 heteroatoms. The normalized spacial score (nSPS) is 14.1. The topological polar surface area (TPSA) is 59.5 Å². The second-order valence-corrected chi connectivity index (χ2v) is 12.0. The first-order valence-electron chi connectivity index (χ1n) is 13.6. The monoisotopic (exact) mass is 743 g/mol. The molecule has 4 heterocycles. The van der Waals surface area contributed by atoms with Crippen LogP contribution < -0.4 is 9.88 Å². The summed E-state index contributed by atoms with van der Waals surface area (Å²) in [6, 6.07) is 29.3. The quantitative estimate of drug-likeness (QED) is 0.0599. The number of pyridine rings is 2. The molecule has 8 rings (SSSR count). The lowest BCUT2D eigenvalue weighted by Crippen LogP contribution is -2.35. The van der Waals surface area contributed by atoms with Crippen LogP contribution in [0.1, 0.15) is 6.92 Å². The number of ether oxygens (including phenoxy) is 1. The molecule has 0 aliphatic carbocycles. The SMILES string of the molecule is Brc1ccc2c(c1)c1ccccc1c1nccn21.CC(=O)OC1C[n+]2c(c3ccccc3c3cc(Br)ccc32)N1.F[N+](F)(F)F. The Hall–Kier alpha value is -4.33. The number of nitrogens with one attached hydrogen (secondary N) is 1. The van der Waals surface area contributed by atoms with Crippen LogP contribution in [0.5, 0.6) is 0 Å². The van der Waals surface area contributed by atoms with Crippen LogP contribution in [-0.4, -0.2) is 27.0 Å². The maximum Gasteiger partial charge on any atom is 0.440 e. The molecule has 3 aromatic heterocycles. The van der Waals surface area contributed by atoms with Gasteiger partial charge >= 0.3 is 11.3 Å². The molecule has 4 aromatic carbocycles. The van der Waals surface area contributed by atoms with Gasteiger partial charge in [0.15, 0.2) is 6.54 Å². The van der Waals surface area contributed by atoms with Crippen LogP contribution in [0.15, 0.2) is 106 Å². The number of esters is 1. The van der Waals surface area contributed by atoms with Gasteiger partial charge in [0.05, 0.1) is 10.9 Å². The van der Waals surface area contributed by atoms with Gasteiger partial charge in [-0.05, 0) is 47.9 Å². The van der Waals surface area contributed by atoms with Crippen LogP contribution >= 0.6 is 31.9 Å². The van der Waals surface area contributed by atoms with Gasteiger partial charge in [-0.1, -0.05) is 74.3 Å². The van der Waals surface area contributed by atoms with Crippen LogP contribution in [0.4, 0.5) is 23.7 Å². The molecule has 0 fully saturated rings. The largest absolute Gasteiger partial charge is 0.440 e. The average Bonchev–Trinajstić information content (AvgIpc) is 3.65. The third-order valence-corrected chi connectivity index (χ3v) is 8.25. The van der Waals surface area contributed by atoms with E-state index in [-0.39, 0.29) is 12.2 Å². The number of rotatable bonds is 1. The number of carbonyl (C=O) groups is 1.